The molecule has 3 rings (SSSR count). The minimum absolute atomic E-state index is 0.227. The summed E-state index contributed by atoms with van der Waals surface area (Å²) in [5.74, 6) is 0.281. The van der Waals surface area contributed by atoms with Gasteiger partial charge in [-0.1, -0.05) is 11.6 Å². The number of nitrogens with zero attached hydrogens (tertiary/aromatic N) is 2. The molecule has 154 valence electrons. The normalized spacial score (nSPS) is 13.4. The number of pyridine rings is 1. The maximum atomic E-state index is 12.5. The molecule has 1 aromatic carbocycles. The summed E-state index contributed by atoms with van der Waals surface area (Å²) in [5.41, 5.74) is 0.541. The molecule has 0 fully saturated rings. The maximum Gasteiger partial charge on any atom is 0.253 e. The number of H-pyrrole nitrogens is 1. The molecular formula is C19H22ClN5O3S. The largest absolute Gasteiger partial charge is 0.347 e. The molecule has 0 saturated carbocycles. The van der Waals surface area contributed by atoms with Gasteiger partial charge in [0.1, 0.15) is 0 Å². The summed E-state index contributed by atoms with van der Waals surface area (Å²) in [7, 11) is -3.43. The molecule has 2 aromatic heterocycles. The molecule has 10 heteroatoms. The molecule has 0 aliphatic carbocycles. The van der Waals surface area contributed by atoms with Crippen molar-refractivity contribution in [3.8, 4) is 0 Å². The Morgan fingerprint density at radius 2 is 1.93 bits per heavy atom. The number of rotatable bonds is 6. The topological polar surface area (TPSA) is 117 Å². The molecule has 29 heavy (non-hydrogen) atoms. The highest BCUT2D eigenvalue weighted by Crippen LogP contribution is 2.23. The quantitative estimate of drug-likeness (QED) is 0.548. The van der Waals surface area contributed by atoms with E-state index in [4.69, 9.17) is 11.6 Å². The summed E-state index contributed by atoms with van der Waals surface area (Å²) in [6.07, 6.45) is 2.63. The maximum absolute atomic E-state index is 12.5. The van der Waals surface area contributed by atoms with Crippen LogP contribution in [0, 0.1) is 0 Å². The fourth-order valence-corrected chi connectivity index (χ4v) is 4.29. The zero-order valence-electron chi connectivity index (χ0n) is 16.4. The Morgan fingerprint density at radius 1 is 1.21 bits per heavy atom. The summed E-state index contributed by atoms with van der Waals surface area (Å²) in [6, 6.07) is 8.26. The number of sulfonamides is 1. The van der Waals surface area contributed by atoms with E-state index in [0.717, 1.165) is 11.6 Å². The molecule has 0 saturated heterocycles. The third-order valence-electron chi connectivity index (χ3n) is 4.38. The predicted octanol–water partition coefficient (Wildman–Crippen LogP) is 2.93. The van der Waals surface area contributed by atoms with Crippen LogP contribution in [0.1, 0.15) is 38.1 Å². The molecule has 0 aliphatic heterocycles. The first kappa shape index (κ1) is 21.2. The highest BCUT2D eigenvalue weighted by atomic mass is 35.5. The highest BCUT2D eigenvalue weighted by molar-refractivity contribution is 7.88. The van der Waals surface area contributed by atoms with Gasteiger partial charge >= 0.3 is 0 Å². The van der Waals surface area contributed by atoms with E-state index in [-0.39, 0.29) is 11.5 Å². The second-order valence-electron chi connectivity index (χ2n) is 7.42. The van der Waals surface area contributed by atoms with Crippen LogP contribution in [0.5, 0.6) is 0 Å². The van der Waals surface area contributed by atoms with Crippen molar-refractivity contribution < 1.29 is 8.42 Å². The molecule has 3 N–H and O–H groups in total. The fourth-order valence-electron chi connectivity index (χ4n) is 3.08. The third-order valence-corrected chi connectivity index (χ3v) is 5.50. The molecule has 2 heterocycles. The van der Waals surface area contributed by atoms with Gasteiger partial charge < -0.3 is 10.3 Å². The van der Waals surface area contributed by atoms with Crippen molar-refractivity contribution in [2.24, 2.45) is 0 Å². The van der Waals surface area contributed by atoms with Crippen molar-refractivity contribution >= 4 is 38.5 Å². The van der Waals surface area contributed by atoms with Crippen LogP contribution >= 0.6 is 11.6 Å². The van der Waals surface area contributed by atoms with Gasteiger partial charge in [0.25, 0.3) is 5.56 Å². The van der Waals surface area contributed by atoms with Crippen molar-refractivity contribution in [2.75, 3.05) is 11.6 Å². The Hall–Kier alpha value is -2.49. The molecule has 0 aliphatic rings. The lowest BCUT2D eigenvalue weighted by Crippen LogP contribution is -2.41. The number of aromatic amines is 1. The Bertz CT molecular complexity index is 1220. The molecule has 1 atom stereocenters. The molecule has 1 unspecified atom stereocenters. The minimum atomic E-state index is -3.43. The second-order valence-corrected chi connectivity index (χ2v) is 9.60. The zero-order chi connectivity index (χ0) is 21.4. The Labute approximate surface area is 173 Å². The van der Waals surface area contributed by atoms with E-state index in [1.54, 1.807) is 44.2 Å². The molecule has 0 spiro atoms. The average molecular weight is 436 g/mol. The first-order valence-corrected chi connectivity index (χ1v) is 11.1. The number of nitrogens with one attached hydrogen (secondary N) is 3. The van der Waals surface area contributed by atoms with Crippen molar-refractivity contribution in [3.05, 3.63) is 63.2 Å². The average Bonchev–Trinajstić information content (AvgIpc) is 2.59. The van der Waals surface area contributed by atoms with E-state index in [1.165, 1.54) is 6.20 Å². The van der Waals surface area contributed by atoms with Gasteiger partial charge in [-0.3, -0.25) is 4.79 Å². The van der Waals surface area contributed by atoms with Crippen LogP contribution in [0.15, 0.2) is 41.3 Å². The van der Waals surface area contributed by atoms with Gasteiger partial charge in [-0.05, 0) is 51.1 Å². The number of hydrogen-bond acceptors (Lipinski definition) is 6. The third kappa shape index (κ3) is 5.11. The summed E-state index contributed by atoms with van der Waals surface area (Å²) in [5, 5.41) is 4.49. The lowest BCUT2D eigenvalue weighted by molar-refractivity contribution is 0.462. The van der Waals surface area contributed by atoms with Gasteiger partial charge in [0, 0.05) is 27.7 Å². The van der Waals surface area contributed by atoms with E-state index < -0.39 is 21.6 Å². The van der Waals surface area contributed by atoms with Crippen LogP contribution in [0.4, 0.5) is 5.95 Å². The van der Waals surface area contributed by atoms with E-state index in [0.29, 0.717) is 21.8 Å². The molecule has 0 radical (unpaired) electrons. The van der Waals surface area contributed by atoms with Crippen LogP contribution < -0.4 is 15.6 Å². The highest BCUT2D eigenvalue weighted by Gasteiger charge is 2.26. The predicted molar refractivity (Wildman–Crippen MR) is 115 cm³/mol. The second kappa shape index (κ2) is 7.74. The SMILES string of the molecule is CC(Nc1nccc(C(C)(C)NS(C)(=O)=O)n1)c1cc2cc(Cl)ccc2[nH]c1=O. The van der Waals surface area contributed by atoms with Crippen molar-refractivity contribution in [1.82, 2.24) is 19.7 Å². The Balaban J connectivity index is 1.90. The van der Waals surface area contributed by atoms with Gasteiger partial charge in [-0.2, -0.15) is 0 Å². The molecule has 0 amide bonds. The standard InChI is InChI=1S/C19H22ClN5O3S/c1-11(14-10-12-9-13(20)5-6-15(12)23-17(14)26)22-18-21-8-7-16(24-18)19(2,3)25-29(4,27)28/h5-11,25H,1-4H3,(H,23,26)(H,21,22,24). The smallest absolute Gasteiger partial charge is 0.253 e. The van der Waals surface area contributed by atoms with Crippen LogP contribution in [0.25, 0.3) is 10.9 Å². The first-order valence-electron chi connectivity index (χ1n) is 8.86. The van der Waals surface area contributed by atoms with Gasteiger partial charge in [-0.15, -0.1) is 0 Å². The van der Waals surface area contributed by atoms with Gasteiger partial charge in [0.2, 0.25) is 16.0 Å². The van der Waals surface area contributed by atoms with E-state index in [2.05, 4.69) is 25.0 Å². The fraction of sp³-hybridized carbons (Fsp3) is 0.316. The van der Waals surface area contributed by atoms with Crippen LogP contribution in [0.2, 0.25) is 5.02 Å². The Kier molecular flexibility index (Phi) is 5.66. The first-order chi connectivity index (χ1) is 13.4. The lowest BCUT2D eigenvalue weighted by Gasteiger charge is -2.25. The molecule has 0 bridgehead atoms. The van der Waals surface area contributed by atoms with Crippen LogP contribution in [0.3, 0.4) is 0 Å². The van der Waals surface area contributed by atoms with Gasteiger partial charge in [-0.25, -0.2) is 23.1 Å². The summed E-state index contributed by atoms with van der Waals surface area (Å²) < 4.78 is 25.8. The number of anilines is 1. The van der Waals surface area contributed by atoms with Gasteiger partial charge in [0.05, 0.1) is 23.5 Å². The monoisotopic (exact) mass is 435 g/mol. The van der Waals surface area contributed by atoms with Crippen LogP contribution in [-0.4, -0.2) is 29.6 Å². The summed E-state index contributed by atoms with van der Waals surface area (Å²) in [4.78, 5) is 23.9. The Morgan fingerprint density at radius 3 is 2.62 bits per heavy atom. The van der Waals surface area contributed by atoms with E-state index in [9.17, 15) is 13.2 Å². The number of benzene rings is 1. The lowest BCUT2D eigenvalue weighted by atomic mass is 10.0. The van der Waals surface area contributed by atoms with Gasteiger partial charge in [0.15, 0.2) is 0 Å². The summed E-state index contributed by atoms with van der Waals surface area (Å²) >= 11 is 6.05. The van der Waals surface area contributed by atoms with E-state index in [1.807, 2.05) is 6.92 Å². The summed E-state index contributed by atoms with van der Waals surface area (Å²) in [6.45, 7) is 5.24. The number of aromatic nitrogens is 3. The van der Waals surface area contributed by atoms with Crippen LogP contribution in [-0.2, 0) is 15.6 Å². The molecular weight excluding hydrogens is 414 g/mol. The number of hydrogen-bond donors (Lipinski definition) is 3. The van der Waals surface area contributed by atoms with Crippen molar-refractivity contribution in [3.63, 3.8) is 0 Å². The minimum Gasteiger partial charge on any atom is -0.347 e. The molecule has 8 nitrogen and oxygen atoms in total. The molecule has 3 aromatic rings. The van der Waals surface area contributed by atoms with E-state index >= 15 is 0 Å². The van der Waals surface area contributed by atoms with Crippen molar-refractivity contribution in [2.45, 2.75) is 32.4 Å². The zero-order valence-corrected chi connectivity index (χ0v) is 18.0. The number of halogens is 1. The number of fused-ring (bicyclic) bond motifs is 1. The van der Waals surface area contributed by atoms with Crippen molar-refractivity contribution in [1.29, 1.82) is 0 Å².